The van der Waals surface area contributed by atoms with Gasteiger partial charge in [0.25, 0.3) is 0 Å². The van der Waals surface area contributed by atoms with Crippen molar-refractivity contribution in [3.63, 3.8) is 0 Å². The Morgan fingerprint density at radius 3 is 2.73 bits per heavy atom. The number of amides is 1. The SMILES string of the molecule is Cc1nn(CC(C)C)c(Cl)c1/C=C/C(=O)Nc1cccc(S(N)(=O)=O)c1. The molecular formula is C17H21ClN4O3S. The summed E-state index contributed by atoms with van der Waals surface area (Å²) in [6.45, 7) is 6.62. The predicted molar refractivity (Wildman–Crippen MR) is 102 cm³/mol. The number of nitrogens with one attached hydrogen (secondary N) is 1. The Morgan fingerprint density at radius 1 is 1.42 bits per heavy atom. The first-order valence-electron chi connectivity index (χ1n) is 7.92. The van der Waals surface area contributed by atoms with Crippen LogP contribution < -0.4 is 10.5 Å². The number of benzene rings is 1. The summed E-state index contributed by atoms with van der Waals surface area (Å²) in [5, 5.41) is 12.5. The molecule has 0 aliphatic rings. The highest BCUT2D eigenvalue weighted by Crippen LogP contribution is 2.22. The van der Waals surface area contributed by atoms with Crippen molar-refractivity contribution in [2.24, 2.45) is 11.1 Å². The van der Waals surface area contributed by atoms with E-state index in [9.17, 15) is 13.2 Å². The summed E-state index contributed by atoms with van der Waals surface area (Å²) >= 11 is 6.33. The van der Waals surface area contributed by atoms with Crippen LogP contribution in [0, 0.1) is 12.8 Å². The lowest BCUT2D eigenvalue weighted by atomic mass is 10.2. The molecule has 1 aromatic heterocycles. The molecule has 0 aliphatic heterocycles. The van der Waals surface area contributed by atoms with E-state index in [1.807, 2.05) is 6.92 Å². The number of rotatable bonds is 6. The number of carbonyl (C=O) groups excluding carboxylic acids is 1. The number of hydrogen-bond acceptors (Lipinski definition) is 4. The second kappa shape index (κ2) is 8.03. The van der Waals surface area contributed by atoms with Gasteiger partial charge in [-0.3, -0.25) is 9.48 Å². The highest BCUT2D eigenvalue weighted by molar-refractivity contribution is 7.89. The molecule has 0 spiro atoms. The van der Waals surface area contributed by atoms with Crippen molar-refractivity contribution >= 4 is 39.3 Å². The van der Waals surface area contributed by atoms with Gasteiger partial charge in [0.1, 0.15) is 5.15 Å². The molecule has 0 saturated heterocycles. The van der Waals surface area contributed by atoms with Gasteiger partial charge in [0.15, 0.2) is 0 Å². The normalized spacial score (nSPS) is 12.1. The van der Waals surface area contributed by atoms with Crippen LogP contribution in [0.4, 0.5) is 5.69 Å². The van der Waals surface area contributed by atoms with Gasteiger partial charge in [0, 0.05) is 23.9 Å². The van der Waals surface area contributed by atoms with E-state index in [0.717, 1.165) is 5.69 Å². The number of carbonyl (C=O) groups is 1. The van der Waals surface area contributed by atoms with Gasteiger partial charge in [0.05, 0.1) is 10.6 Å². The van der Waals surface area contributed by atoms with Gasteiger partial charge >= 0.3 is 0 Å². The van der Waals surface area contributed by atoms with Crippen LogP contribution in [-0.2, 0) is 21.4 Å². The molecule has 26 heavy (non-hydrogen) atoms. The van der Waals surface area contributed by atoms with Crippen molar-refractivity contribution in [2.45, 2.75) is 32.2 Å². The number of hydrogen-bond donors (Lipinski definition) is 2. The summed E-state index contributed by atoms with van der Waals surface area (Å²) in [5.41, 5.74) is 1.71. The first-order chi connectivity index (χ1) is 12.1. The summed E-state index contributed by atoms with van der Waals surface area (Å²) in [4.78, 5) is 12.0. The Labute approximate surface area is 157 Å². The van der Waals surface area contributed by atoms with Gasteiger partial charge in [-0.1, -0.05) is 31.5 Å². The fourth-order valence-corrected chi connectivity index (χ4v) is 3.18. The van der Waals surface area contributed by atoms with E-state index in [4.69, 9.17) is 16.7 Å². The molecule has 0 radical (unpaired) electrons. The molecule has 0 fully saturated rings. The minimum atomic E-state index is -3.83. The average Bonchev–Trinajstić information content (AvgIpc) is 2.78. The Morgan fingerprint density at radius 2 is 2.12 bits per heavy atom. The third kappa shape index (κ3) is 5.17. The topological polar surface area (TPSA) is 107 Å². The van der Waals surface area contributed by atoms with Crippen molar-refractivity contribution in [3.8, 4) is 0 Å². The fraction of sp³-hybridized carbons (Fsp3) is 0.294. The smallest absolute Gasteiger partial charge is 0.248 e. The summed E-state index contributed by atoms with van der Waals surface area (Å²) < 4.78 is 24.4. The zero-order valence-electron chi connectivity index (χ0n) is 14.7. The van der Waals surface area contributed by atoms with Crippen molar-refractivity contribution < 1.29 is 13.2 Å². The summed E-state index contributed by atoms with van der Waals surface area (Å²) in [6, 6.07) is 5.71. The minimum absolute atomic E-state index is 0.0758. The Bertz CT molecular complexity index is 949. The number of primary sulfonamides is 1. The molecule has 3 N–H and O–H groups in total. The highest BCUT2D eigenvalue weighted by Gasteiger charge is 2.13. The lowest BCUT2D eigenvalue weighted by Crippen LogP contribution is -2.13. The maximum atomic E-state index is 12.1. The second-order valence-electron chi connectivity index (χ2n) is 6.26. The molecule has 0 atom stereocenters. The van der Waals surface area contributed by atoms with Crippen LogP contribution in [0.5, 0.6) is 0 Å². The number of nitrogens with zero attached hydrogens (tertiary/aromatic N) is 2. The Hall–Kier alpha value is -2.16. The van der Waals surface area contributed by atoms with E-state index in [2.05, 4.69) is 24.3 Å². The van der Waals surface area contributed by atoms with Gasteiger partial charge < -0.3 is 5.32 Å². The van der Waals surface area contributed by atoms with E-state index >= 15 is 0 Å². The van der Waals surface area contributed by atoms with E-state index in [-0.39, 0.29) is 4.90 Å². The number of sulfonamides is 1. The first-order valence-corrected chi connectivity index (χ1v) is 9.85. The average molecular weight is 397 g/mol. The second-order valence-corrected chi connectivity index (χ2v) is 8.18. The third-order valence-electron chi connectivity index (χ3n) is 3.48. The molecule has 1 heterocycles. The van der Waals surface area contributed by atoms with Crippen LogP contribution >= 0.6 is 11.6 Å². The van der Waals surface area contributed by atoms with E-state index in [1.54, 1.807) is 16.8 Å². The molecule has 140 valence electrons. The molecule has 0 bridgehead atoms. The number of anilines is 1. The van der Waals surface area contributed by atoms with Gasteiger partial charge in [0.2, 0.25) is 15.9 Å². The molecule has 0 saturated carbocycles. The maximum Gasteiger partial charge on any atom is 0.248 e. The number of aryl methyl sites for hydroxylation is 1. The molecule has 2 rings (SSSR count). The van der Waals surface area contributed by atoms with Crippen LogP contribution in [0.15, 0.2) is 35.2 Å². The summed E-state index contributed by atoms with van der Waals surface area (Å²) in [6.07, 6.45) is 2.90. The van der Waals surface area contributed by atoms with Crippen molar-refractivity contribution in [1.82, 2.24) is 9.78 Å². The molecule has 9 heteroatoms. The van der Waals surface area contributed by atoms with Crippen LogP contribution in [0.2, 0.25) is 5.15 Å². The fourth-order valence-electron chi connectivity index (χ4n) is 2.32. The van der Waals surface area contributed by atoms with Crippen molar-refractivity contribution in [3.05, 3.63) is 46.8 Å². The molecule has 0 aliphatic carbocycles. The highest BCUT2D eigenvalue weighted by atomic mass is 35.5. The molecule has 7 nitrogen and oxygen atoms in total. The van der Waals surface area contributed by atoms with E-state index in [0.29, 0.717) is 28.9 Å². The van der Waals surface area contributed by atoms with Gasteiger partial charge in [-0.05, 0) is 37.1 Å². The maximum absolute atomic E-state index is 12.1. The summed E-state index contributed by atoms with van der Waals surface area (Å²) in [5.74, 6) is -0.0401. The molecule has 2 aromatic rings. The zero-order chi connectivity index (χ0) is 19.5. The van der Waals surface area contributed by atoms with Crippen LogP contribution in [0.25, 0.3) is 6.08 Å². The monoisotopic (exact) mass is 396 g/mol. The third-order valence-corrected chi connectivity index (χ3v) is 4.79. The molecule has 1 amide bonds. The van der Waals surface area contributed by atoms with Gasteiger partial charge in [-0.25, -0.2) is 13.6 Å². The quantitative estimate of drug-likeness (QED) is 0.732. The lowest BCUT2D eigenvalue weighted by molar-refractivity contribution is -0.111. The molecule has 0 unspecified atom stereocenters. The van der Waals surface area contributed by atoms with Crippen molar-refractivity contribution in [2.75, 3.05) is 5.32 Å². The molecule has 1 aromatic carbocycles. The van der Waals surface area contributed by atoms with Crippen LogP contribution in [0.3, 0.4) is 0 Å². The first kappa shape index (κ1) is 20.2. The van der Waals surface area contributed by atoms with E-state index < -0.39 is 15.9 Å². The minimum Gasteiger partial charge on any atom is -0.322 e. The van der Waals surface area contributed by atoms with Crippen molar-refractivity contribution in [1.29, 1.82) is 0 Å². The zero-order valence-corrected chi connectivity index (χ0v) is 16.3. The number of nitrogens with two attached hydrogens (primary N) is 1. The van der Waals surface area contributed by atoms with E-state index in [1.165, 1.54) is 24.3 Å². The largest absolute Gasteiger partial charge is 0.322 e. The summed E-state index contributed by atoms with van der Waals surface area (Å²) in [7, 11) is -3.83. The Balaban J connectivity index is 2.15. The van der Waals surface area contributed by atoms with Gasteiger partial charge in [-0.15, -0.1) is 0 Å². The number of halogens is 1. The molecular weight excluding hydrogens is 376 g/mol. The standard InChI is InChI=1S/C17H21ClN4O3S/c1-11(2)10-22-17(18)15(12(3)21-22)7-8-16(23)20-13-5-4-6-14(9-13)26(19,24)25/h4-9,11H,10H2,1-3H3,(H,20,23)(H2,19,24,25)/b8-7+. The van der Waals surface area contributed by atoms with Gasteiger partial charge in [-0.2, -0.15) is 5.10 Å². The number of aromatic nitrogens is 2. The van der Waals surface area contributed by atoms with Crippen LogP contribution in [0.1, 0.15) is 25.1 Å². The van der Waals surface area contributed by atoms with Crippen LogP contribution in [-0.4, -0.2) is 24.1 Å². The lowest BCUT2D eigenvalue weighted by Gasteiger charge is -2.05. The Kier molecular flexibility index (Phi) is 6.22. The predicted octanol–water partition coefficient (Wildman–Crippen LogP) is 2.80.